The lowest BCUT2D eigenvalue weighted by atomic mass is 9.99. The molecular weight excluding hydrogens is 336 g/mol. The summed E-state index contributed by atoms with van der Waals surface area (Å²) in [6, 6.07) is 18.8. The summed E-state index contributed by atoms with van der Waals surface area (Å²) in [6.45, 7) is 1.95. The molecule has 1 saturated heterocycles. The molecule has 1 amide bonds. The highest BCUT2D eigenvalue weighted by Crippen LogP contribution is 2.22. The molecule has 1 atom stereocenters. The van der Waals surface area contributed by atoms with Crippen molar-refractivity contribution in [3.05, 3.63) is 78.1 Å². The van der Waals surface area contributed by atoms with Crippen LogP contribution in [0.5, 0.6) is 0 Å². The molecule has 0 aliphatic carbocycles. The fourth-order valence-corrected chi connectivity index (χ4v) is 3.74. The van der Waals surface area contributed by atoms with Crippen molar-refractivity contribution in [2.45, 2.75) is 25.4 Å². The molecule has 4 nitrogen and oxygen atoms in total. The van der Waals surface area contributed by atoms with Gasteiger partial charge in [0.15, 0.2) is 0 Å². The SMILES string of the molecule is O=C(CCc1ccncc1)N1CCO[C@@H](Cc2cccc3ccccc23)C1. The number of nitrogens with zero attached hydrogens (tertiary/aromatic N) is 2. The van der Waals surface area contributed by atoms with Gasteiger partial charge in [0.25, 0.3) is 0 Å². The molecule has 0 N–H and O–H groups in total. The van der Waals surface area contributed by atoms with Gasteiger partial charge in [-0.2, -0.15) is 0 Å². The summed E-state index contributed by atoms with van der Waals surface area (Å²) in [6.07, 6.45) is 5.71. The van der Waals surface area contributed by atoms with Crippen LogP contribution in [0.15, 0.2) is 67.0 Å². The van der Waals surface area contributed by atoms with Crippen molar-refractivity contribution in [1.29, 1.82) is 0 Å². The van der Waals surface area contributed by atoms with E-state index in [2.05, 4.69) is 47.4 Å². The van der Waals surface area contributed by atoms with Gasteiger partial charge in [0.05, 0.1) is 12.7 Å². The number of rotatable bonds is 5. The van der Waals surface area contributed by atoms with Crippen molar-refractivity contribution < 1.29 is 9.53 Å². The minimum absolute atomic E-state index is 0.0504. The van der Waals surface area contributed by atoms with Gasteiger partial charge < -0.3 is 9.64 Å². The fourth-order valence-electron chi connectivity index (χ4n) is 3.74. The van der Waals surface area contributed by atoms with Crippen molar-refractivity contribution in [3.63, 3.8) is 0 Å². The lowest BCUT2D eigenvalue weighted by Gasteiger charge is -2.33. The highest BCUT2D eigenvalue weighted by atomic mass is 16.5. The van der Waals surface area contributed by atoms with Gasteiger partial charge in [-0.15, -0.1) is 0 Å². The van der Waals surface area contributed by atoms with Crippen LogP contribution in [0.1, 0.15) is 17.5 Å². The number of ether oxygens (including phenoxy) is 1. The van der Waals surface area contributed by atoms with Crippen LogP contribution in [-0.4, -0.2) is 41.6 Å². The van der Waals surface area contributed by atoms with E-state index in [-0.39, 0.29) is 12.0 Å². The van der Waals surface area contributed by atoms with Crippen LogP contribution in [0.2, 0.25) is 0 Å². The van der Waals surface area contributed by atoms with Crippen molar-refractivity contribution in [2.75, 3.05) is 19.7 Å². The summed E-state index contributed by atoms with van der Waals surface area (Å²) in [5, 5.41) is 2.51. The predicted octanol–water partition coefficient (Wildman–Crippen LogP) is 3.64. The molecule has 1 fully saturated rings. The Bertz CT molecular complexity index is 905. The van der Waals surface area contributed by atoms with Crippen LogP contribution < -0.4 is 0 Å². The lowest BCUT2D eigenvalue weighted by Crippen LogP contribution is -2.46. The molecule has 0 spiro atoms. The van der Waals surface area contributed by atoms with Crippen molar-refractivity contribution in [1.82, 2.24) is 9.88 Å². The molecule has 0 radical (unpaired) electrons. The van der Waals surface area contributed by atoms with E-state index >= 15 is 0 Å². The van der Waals surface area contributed by atoms with E-state index in [1.807, 2.05) is 17.0 Å². The largest absolute Gasteiger partial charge is 0.374 e. The Labute approximate surface area is 159 Å². The van der Waals surface area contributed by atoms with Gasteiger partial charge in [-0.25, -0.2) is 0 Å². The van der Waals surface area contributed by atoms with Crippen LogP contribution in [0.25, 0.3) is 10.8 Å². The van der Waals surface area contributed by atoms with E-state index in [9.17, 15) is 4.79 Å². The normalized spacial score (nSPS) is 17.2. The molecule has 0 unspecified atom stereocenters. The Kier molecular flexibility index (Phi) is 5.45. The molecule has 1 aromatic heterocycles. The summed E-state index contributed by atoms with van der Waals surface area (Å²) in [5.74, 6) is 0.207. The zero-order chi connectivity index (χ0) is 18.5. The van der Waals surface area contributed by atoms with E-state index in [0.29, 0.717) is 26.1 Å². The number of morpholine rings is 1. The van der Waals surface area contributed by atoms with Crippen LogP contribution in [0.3, 0.4) is 0 Å². The molecule has 27 heavy (non-hydrogen) atoms. The lowest BCUT2D eigenvalue weighted by molar-refractivity contribution is -0.138. The Hall–Kier alpha value is -2.72. The number of fused-ring (bicyclic) bond motifs is 1. The maximum absolute atomic E-state index is 12.6. The summed E-state index contributed by atoms with van der Waals surface area (Å²) >= 11 is 0. The molecule has 0 saturated carbocycles. The maximum Gasteiger partial charge on any atom is 0.223 e. The van der Waals surface area contributed by atoms with Crippen LogP contribution in [0.4, 0.5) is 0 Å². The summed E-state index contributed by atoms with van der Waals surface area (Å²) < 4.78 is 5.97. The first-order chi connectivity index (χ1) is 13.3. The van der Waals surface area contributed by atoms with Gasteiger partial charge in [-0.3, -0.25) is 9.78 Å². The number of aryl methyl sites for hydroxylation is 1. The van der Waals surface area contributed by atoms with Crippen molar-refractivity contribution >= 4 is 16.7 Å². The van der Waals surface area contributed by atoms with Crippen molar-refractivity contribution in [3.8, 4) is 0 Å². The molecule has 138 valence electrons. The second kappa shape index (κ2) is 8.31. The number of aromatic nitrogens is 1. The number of hydrogen-bond acceptors (Lipinski definition) is 3. The van der Waals surface area contributed by atoms with Gasteiger partial charge in [0, 0.05) is 38.3 Å². The fraction of sp³-hybridized carbons (Fsp3) is 0.304. The Morgan fingerprint density at radius 3 is 2.78 bits per heavy atom. The monoisotopic (exact) mass is 360 g/mol. The highest BCUT2D eigenvalue weighted by Gasteiger charge is 2.24. The average molecular weight is 360 g/mol. The van der Waals surface area contributed by atoms with Gasteiger partial charge in [0.1, 0.15) is 0 Å². The Morgan fingerprint density at radius 2 is 1.89 bits per heavy atom. The number of benzene rings is 2. The number of carbonyl (C=O) groups excluding carboxylic acids is 1. The molecular formula is C23H24N2O2. The quantitative estimate of drug-likeness (QED) is 0.698. The Balaban J connectivity index is 1.38. The second-order valence-corrected chi connectivity index (χ2v) is 7.03. The van der Waals surface area contributed by atoms with Crippen LogP contribution in [0, 0.1) is 0 Å². The van der Waals surface area contributed by atoms with E-state index in [0.717, 1.165) is 18.4 Å². The third kappa shape index (κ3) is 4.34. The molecule has 4 rings (SSSR count). The standard InChI is InChI=1S/C23H24N2O2/c26-23(9-8-18-10-12-24-13-11-18)25-14-15-27-21(17-25)16-20-6-3-5-19-4-1-2-7-22(19)20/h1-7,10-13,21H,8-9,14-17H2/t21-/m0/s1. The smallest absolute Gasteiger partial charge is 0.223 e. The number of hydrogen-bond donors (Lipinski definition) is 0. The van der Waals surface area contributed by atoms with E-state index < -0.39 is 0 Å². The zero-order valence-corrected chi connectivity index (χ0v) is 15.4. The first kappa shape index (κ1) is 17.7. The van der Waals surface area contributed by atoms with Gasteiger partial charge in [-0.1, -0.05) is 42.5 Å². The van der Waals surface area contributed by atoms with E-state index in [1.165, 1.54) is 16.3 Å². The molecule has 0 bridgehead atoms. The average Bonchev–Trinajstić information content (AvgIpc) is 2.73. The zero-order valence-electron chi connectivity index (χ0n) is 15.4. The highest BCUT2D eigenvalue weighted by molar-refractivity contribution is 5.85. The number of carbonyl (C=O) groups is 1. The van der Waals surface area contributed by atoms with Gasteiger partial charge in [-0.05, 0) is 40.5 Å². The number of pyridine rings is 1. The molecule has 3 aromatic rings. The molecule has 2 heterocycles. The summed E-state index contributed by atoms with van der Waals surface area (Å²) in [4.78, 5) is 18.6. The first-order valence-electron chi connectivity index (χ1n) is 9.54. The van der Waals surface area contributed by atoms with Gasteiger partial charge >= 0.3 is 0 Å². The third-order valence-electron chi connectivity index (χ3n) is 5.20. The summed E-state index contributed by atoms with van der Waals surface area (Å²) in [7, 11) is 0. The minimum atomic E-state index is 0.0504. The Morgan fingerprint density at radius 1 is 1.07 bits per heavy atom. The van der Waals surface area contributed by atoms with Crippen LogP contribution in [-0.2, 0) is 22.4 Å². The molecule has 1 aliphatic heterocycles. The van der Waals surface area contributed by atoms with Gasteiger partial charge in [0.2, 0.25) is 5.91 Å². The minimum Gasteiger partial charge on any atom is -0.374 e. The molecule has 2 aromatic carbocycles. The van der Waals surface area contributed by atoms with Crippen LogP contribution >= 0.6 is 0 Å². The second-order valence-electron chi connectivity index (χ2n) is 7.03. The first-order valence-corrected chi connectivity index (χ1v) is 9.54. The topological polar surface area (TPSA) is 42.4 Å². The van der Waals surface area contributed by atoms with E-state index in [4.69, 9.17) is 4.74 Å². The summed E-state index contributed by atoms with van der Waals surface area (Å²) in [5.41, 5.74) is 2.43. The van der Waals surface area contributed by atoms with E-state index in [1.54, 1.807) is 12.4 Å². The van der Waals surface area contributed by atoms with Crippen molar-refractivity contribution in [2.24, 2.45) is 0 Å². The maximum atomic E-state index is 12.6. The molecule has 1 aliphatic rings. The number of amides is 1. The molecule has 4 heteroatoms. The predicted molar refractivity (Wildman–Crippen MR) is 107 cm³/mol. The third-order valence-corrected chi connectivity index (χ3v) is 5.20.